The maximum Gasteiger partial charge on any atom is 0.410 e. The van der Waals surface area contributed by atoms with Crippen molar-refractivity contribution in [3.8, 4) is 0 Å². The fourth-order valence-corrected chi connectivity index (χ4v) is 9.60. The zero-order chi connectivity index (χ0) is 44.5. The number of hydrogen-bond donors (Lipinski definition) is 4. The van der Waals surface area contributed by atoms with Gasteiger partial charge in [0.05, 0.1) is 29.5 Å². The van der Waals surface area contributed by atoms with Crippen molar-refractivity contribution in [2.75, 3.05) is 40.0 Å². The lowest BCUT2D eigenvalue weighted by molar-refractivity contribution is -0.295. The van der Waals surface area contributed by atoms with E-state index in [0.717, 1.165) is 18.2 Å². The van der Waals surface area contributed by atoms with Crippen LogP contribution in [0.4, 0.5) is 14.9 Å². The van der Waals surface area contributed by atoms with Crippen molar-refractivity contribution in [3.05, 3.63) is 36.0 Å². The number of carbonyl (C=O) groups excluding carboxylic acids is 4. The number of anilines is 1. The zero-order valence-electron chi connectivity index (χ0n) is 37.0. The first-order valence-corrected chi connectivity index (χ1v) is 21.1. The number of nitrogens with two attached hydrogens (primary N) is 1. The number of rotatable bonds is 11. The van der Waals surface area contributed by atoms with Crippen molar-refractivity contribution in [1.29, 1.82) is 0 Å². The van der Waals surface area contributed by atoms with Gasteiger partial charge in [0, 0.05) is 61.4 Å². The van der Waals surface area contributed by atoms with Gasteiger partial charge in [0.25, 0.3) is 5.67 Å². The SMILES string of the molecule is CCC1OC(=O)[C@@](C)(F)C(=O)[C@H](C)[C@@H](OC2O[C@H](C)C[C@H](N(C)C)[C@H]2O)[C@@](C)(OC)C[C@@H](C)C(=O)[C@H](C)C2N(CCCCN3C=C(c4cccc(N)c4)NN3)C(=O)O[C@]12C. The molecular weight excluding hydrogens is 780 g/mol. The average molecular weight is 847 g/mol. The minimum absolute atomic E-state index is 0.00468. The fourth-order valence-electron chi connectivity index (χ4n) is 9.60. The number of hydrazine groups is 2. The number of nitrogens with zero attached hydrogens (tertiary/aromatic N) is 3. The van der Waals surface area contributed by atoms with E-state index in [4.69, 9.17) is 29.4 Å². The standard InChI is InChI=1S/C43H67FN6O10/c1-12-32-43(8)35(50(40(55)60-43)19-14-13-18-49-23-30(46-47-49)28-16-15-17-29(45)21-28)26(4)33(51)24(2)22-41(6,56-11)37(27(5)36(53)42(7,44)39(54)58-32)59-38-34(52)31(48(9)10)20-25(3)57-38/h15-17,21,23-27,31-32,34-35,37-38,46-47,52H,12-14,18-20,22,45H2,1-11H3/t24-,25-,26+,27+,31+,32?,34-,35?,37-,38?,41+,42+,43-/m1/s1. The van der Waals surface area contributed by atoms with Crippen molar-refractivity contribution in [2.24, 2.45) is 17.8 Å². The number of hydrogen-bond acceptors (Lipinski definition) is 15. The van der Waals surface area contributed by atoms with E-state index in [-0.39, 0.29) is 37.3 Å². The van der Waals surface area contributed by atoms with Crippen LogP contribution >= 0.6 is 0 Å². The molecule has 3 fully saturated rings. The smallest absolute Gasteiger partial charge is 0.410 e. The molecule has 13 atom stereocenters. The highest BCUT2D eigenvalue weighted by atomic mass is 19.1. The van der Waals surface area contributed by atoms with Crippen LogP contribution in [0.5, 0.6) is 0 Å². The largest absolute Gasteiger partial charge is 0.455 e. The number of halogens is 1. The summed E-state index contributed by atoms with van der Waals surface area (Å²) in [6, 6.07) is 6.20. The Morgan fingerprint density at radius 3 is 2.37 bits per heavy atom. The van der Waals surface area contributed by atoms with Crippen LogP contribution in [0.2, 0.25) is 0 Å². The predicted octanol–water partition coefficient (Wildman–Crippen LogP) is 3.97. The molecule has 17 heteroatoms. The number of amides is 1. The Kier molecular flexibility index (Phi) is 14.6. The number of ether oxygens (including phenoxy) is 5. The predicted molar refractivity (Wildman–Crippen MR) is 221 cm³/mol. The van der Waals surface area contributed by atoms with Crippen molar-refractivity contribution < 1.29 is 52.4 Å². The lowest BCUT2D eigenvalue weighted by Gasteiger charge is -2.47. The van der Waals surface area contributed by atoms with Gasteiger partial charge in [-0.05, 0) is 86.0 Å². The number of unbranched alkanes of at least 4 members (excludes halogenated alkanes) is 1. The highest BCUT2D eigenvalue weighted by Gasteiger charge is 2.61. The number of alkyl halides is 1. The van der Waals surface area contributed by atoms with E-state index in [2.05, 4.69) is 11.0 Å². The number of Topliss-reactive ketones (excluding diaryl/α,β-unsaturated/α-hetero) is 2. The minimum atomic E-state index is -3.18. The average Bonchev–Trinajstić information content (AvgIpc) is 3.78. The van der Waals surface area contributed by atoms with E-state index in [1.54, 1.807) is 34.6 Å². The summed E-state index contributed by atoms with van der Waals surface area (Å²) < 4.78 is 47.5. The van der Waals surface area contributed by atoms with Gasteiger partial charge >= 0.3 is 12.1 Å². The second-order valence-corrected chi connectivity index (χ2v) is 17.9. The fraction of sp³-hybridized carbons (Fsp3) is 0.721. The summed E-state index contributed by atoms with van der Waals surface area (Å²) in [4.78, 5) is 60.1. The van der Waals surface area contributed by atoms with Crippen LogP contribution in [0.25, 0.3) is 5.70 Å². The molecule has 0 bridgehead atoms. The monoisotopic (exact) mass is 846 g/mol. The molecule has 16 nitrogen and oxygen atoms in total. The summed E-state index contributed by atoms with van der Waals surface area (Å²) in [5.41, 5.74) is 8.40. The molecule has 60 heavy (non-hydrogen) atoms. The number of cyclic esters (lactones) is 1. The Hall–Kier alpha value is -3.87. The van der Waals surface area contributed by atoms with Gasteiger partial charge in [-0.3, -0.25) is 14.6 Å². The van der Waals surface area contributed by atoms with Gasteiger partial charge in [0.15, 0.2) is 17.7 Å². The number of fused-ring (bicyclic) bond motifs is 1. The Bertz CT molecular complexity index is 1770. The zero-order valence-corrected chi connectivity index (χ0v) is 37.0. The topological polar surface area (TPSA) is 194 Å². The summed E-state index contributed by atoms with van der Waals surface area (Å²) in [6.07, 6.45) is -2.32. The summed E-state index contributed by atoms with van der Waals surface area (Å²) >= 11 is 0. The molecule has 0 saturated carbocycles. The number of likely N-dealkylation sites (N-methyl/N-ethyl adjacent to an activating group) is 1. The van der Waals surface area contributed by atoms with E-state index in [1.165, 1.54) is 18.9 Å². The molecule has 336 valence electrons. The van der Waals surface area contributed by atoms with E-state index in [0.29, 0.717) is 31.5 Å². The minimum Gasteiger partial charge on any atom is -0.455 e. The lowest BCUT2D eigenvalue weighted by Crippen LogP contribution is -2.61. The highest BCUT2D eigenvalue weighted by Crippen LogP contribution is 2.44. The van der Waals surface area contributed by atoms with Gasteiger partial charge in [-0.25, -0.2) is 14.0 Å². The Labute approximate surface area is 353 Å². The first-order valence-electron chi connectivity index (χ1n) is 21.1. The first-order chi connectivity index (χ1) is 28.1. The van der Waals surface area contributed by atoms with Gasteiger partial charge in [-0.15, -0.1) is 5.53 Å². The molecular formula is C43H67FN6O10. The molecule has 5 rings (SSSR count). The quantitative estimate of drug-likeness (QED) is 0.108. The van der Waals surface area contributed by atoms with Gasteiger partial charge in [0.1, 0.15) is 18.0 Å². The normalized spacial score (nSPS) is 38.3. The number of aliphatic hydroxyl groups is 1. The maximum atomic E-state index is 16.9. The van der Waals surface area contributed by atoms with E-state index >= 15 is 4.39 Å². The number of nitrogens with one attached hydrogen (secondary N) is 2. The first kappa shape index (κ1) is 47.2. The molecule has 0 spiro atoms. The summed E-state index contributed by atoms with van der Waals surface area (Å²) in [6.45, 7) is 13.3. The molecule has 1 aromatic rings. The van der Waals surface area contributed by atoms with Crippen molar-refractivity contribution in [2.45, 2.75) is 147 Å². The molecule has 5 N–H and O–H groups in total. The van der Waals surface area contributed by atoms with Crippen LogP contribution in [0.3, 0.4) is 0 Å². The number of ketones is 2. The maximum absolute atomic E-state index is 16.9. The van der Waals surface area contributed by atoms with Crippen molar-refractivity contribution >= 4 is 35.0 Å². The molecule has 0 aliphatic carbocycles. The molecule has 0 aromatic heterocycles. The Morgan fingerprint density at radius 1 is 1.05 bits per heavy atom. The molecule has 3 saturated heterocycles. The van der Waals surface area contributed by atoms with E-state index in [1.807, 2.05) is 61.4 Å². The van der Waals surface area contributed by atoms with Gasteiger partial charge in [0.2, 0.25) is 0 Å². The number of carbonyl (C=O) groups is 4. The number of methoxy groups -OCH3 is 1. The molecule has 4 aliphatic rings. The van der Waals surface area contributed by atoms with Gasteiger partial charge < -0.3 is 49.8 Å². The lowest BCUT2D eigenvalue weighted by atomic mass is 9.73. The molecule has 4 heterocycles. The molecule has 1 amide bonds. The van der Waals surface area contributed by atoms with E-state index < -0.39 is 83.1 Å². The van der Waals surface area contributed by atoms with Crippen molar-refractivity contribution in [3.63, 3.8) is 0 Å². The Morgan fingerprint density at radius 2 is 1.73 bits per heavy atom. The van der Waals surface area contributed by atoms with Crippen LogP contribution in [0.15, 0.2) is 30.5 Å². The molecule has 3 unspecified atom stereocenters. The number of benzene rings is 1. The molecule has 1 aromatic carbocycles. The van der Waals surface area contributed by atoms with Crippen LogP contribution in [-0.4, -0.2) is 137 Å². The van der Waals surface area contributed by atoms with Crippen LogP contribution in [0.1, 0.15) is 93.1 Å². The Balaban J connectivity index is 1.44. The molecule has 0 radical (unpaired) electrons. The summed E-state index contributed by atoms with van der Waals surface area (Å²) in [5.74, 6) is -5.81. The van der Waals surface area contributed by atoms with Crippen LogP contribution in [0, 0.1) is 17.8 Å². The van der Waals surface area contributed by atoms with E-state index in [9.17, 15) is 24.3 Å². The number of nitrogen functional groups attached to an aromatic ring is 1. The van der Waals surface area contributed by atoms with Gasteiger partial charge in [-0.1, -0.05) is 39.8 Å². The van der Waals surface area contributed by atoms with Crippen LogP contribution in [-0.2, 0) is 38.1 Å². The summed E-state index contributed by atoms with van der Waals surface area (Å²) in [5, 5.41) is 13.3. The highest BCUT2D eigenvalue weighted by molar-refractivity contribution is 6.08. The number of aliphatic hydroxyl groups excluding tert-OH is 1. The second kappa shape index (κ2) is 18.6. The third-order valence-corrected chi connectivity index (χ3v) is 13.0. The van der Waals surface area contributed by atoms with Gasteiger partial charge in [-0.2, -0.15) is 0 Å². The molecule has 4 aliphatic heterocycles. The third-order valence-electron chi connectivity index (χ3n) is 13.0. The summed E-state index contributed by atoms with van der Waals surface area (Å²) in [7, 11) is 5.05. The van der Waals surface area contributed by atoms with Crippen LogP contribution < -0.4 is 16.7 Å². The third kappa shape index (κ3) is 9.45. The van der Waals surface area contributed by atoms with Crippen molar-refractivity contribution in [1.82, 2.24) is 25.8 Å². The number of esters is 1. The second-order valence-electron chi connectivity index (χ2n) is 17.9.